The van der Waals surface area contributed by atoms with E-state index >= 15 is 0 Å². The summed E-state index contributed by atoms with van der Waals surface area (Å²) in [5, 5.41) is 0.965. The number of fused-ring (bicyclic) bond motifs is 3. The number of aryl methyl sites for hydroxylation is 1. The average molecular weight is 480 g/mol. The van der Waals surface area contributed by atoms with E-state index in [4.69, 9.17) is 10.7 Å². The van der Waals surface area contributed by atoms with Gasteiger partial charge in [0.25, 0.3) is 5.56 Å². The van der Waals surface area contributed by atoms with Gasteiger partial charge in [-0.1, -0.05) is 15.9 Å². The molecule has 0 spiro atoms. The minimum absolute atomic E-state index is 0.000826. The molecule has 8 heteroatoms. The average Bonchev–Trinajstić information content (AvgIpc) is 3.31. The molecule has 7 nitrogen and oxygen atoms in total. The predicted octanol–water partition coefficient (Wildman–Crippen LogP) is 3.57. The number of amides is 1. The molecule has 0 unspecified atom stereocenters. The third-order valence-electron chi connectivity index (χ3n) is 5.87. The highest BCUT2D eigenvalue weighted by Crippen LogP contribution is 2.34. The second-order valence-corrected chi connectivity index (χ2v) is 8.79. The van der Waals surface area contributed by atoms with E-state index in [9.17, 15) is 9.59 Å². The Kier molecular flexibility index (Phi) is 4.91. The van der Waals surface area contributed by atoms with Crippen LogP contribution in [0.25, 0.3) is 33.2 Å². The lowest BCUT2D eigenvalue weighted by atomic mass is 10.1. The van der Waals surface area contributed by atoms with Gasteiger partial charge < -0.3 is 20.2 Å². The van der Waals surface area contributed by atoms with Crippen LogP contribution in [0.1, 0.15) is 18.9 Å². The van der Waals surface area contributed by atoms with Gasteiger partial charge in [-0.3, -0.25) is 9.59 Å². The number of hydrogen-bond donors (Lipinski definition) is 2. The highest BCUT2D eigenvalue weighted by molar-refractivity contribution is 9.10. The van der Waals surface area contributed by atoms with Crippen LogP contribution in [-0.2, 0) is 17.8 Å². The molecule has 0 saturated carbocycles. The minimum Gasteiger partial charge on any atom is -0.347 e. The van der Waals surface area contributed by atoms with Gasteiger partial charge in [0.2, 0.25) is 5.91 Å². The zero-order valence-electron chi connectivity index (χ0n) is 17.1. The van der Waals surface area contributed by atoms with Gasteiger partial charge in [-0.15, -0.1) is 0 Å². The van der Waals surface area contributed by atoms with Crippen molar-refractivity contribution in [2.75, 3.05) is 18.0 Å². The van der Waals surface area contributed by atoms with Crippen LogP contribution >= 0.6 is 15.9 Å². The van der Waals surface area contributed by atoms with Crippen LogP contribution in [0, 0.1) is 0 Å². The number of hydrogen-bond acceptors (Lipinski definition) is 4. The summed E-state index contributed by atoms with van der Waals surface area (Å²) in [5.74, 6) is 0.000826. The minimum atomic E-state index is -0.252. The first kappa shape index (κ1) is 20.0. The van der Waals surface area contributed by atoms with E-state index in [1.807, 2.05) is 36.5 Å². The molecule has 0 saturated heterocycles. The van der Waals surface area contributed by atoms with Gasteiger partial charge in [0.1, 0.15) is 5.69 Å². The summed E-state index contributed by atoms with van der Waals surface area (Å²) in [7, 11) is 0. The van der Waals surface area contributed by atoms with Crippen LogP contribution in [-0.4, -0.2) is 33.5 Å². The number of carbonyl (C=O) groups excluding carboxylic acids is 1. The van der Waals surface area contributed by atoms with E-state index in [0.29, 0.717) is 24.3 Å². The first-order valence-corrected chi connectivity index (χ1v) is 11.1. The largest absolute Gasteiger partial charge is 0.347 e. The second kappa shape index (κ2) is 7.62. The van der Waals surface area contributed by atoms with Crippen LogP contribution in [0.2, 0.25) is 0 Å². The molecule has 31 heavy (non-hydrogen) atoms. The Morgan fingerprint density at radius 2 is 2.13 bits per heavy atom. The number of H-pyrrole nitrogens is 1. The quantitative estimate of drug-likeness (QED) is 0.467. The van der Waals surface area contributed by atoms with Crippen LogP contribution in [0.4, 0.5) is 5.69 Å². The summed E-state index contributed by atoms with van der Waals surface area (Å²) < 4.78 is 3.07. The normalized spacial score (nSPS) is 13.3. The van der Waals surface area contributed by atoms with Gasteiger partial charge in [-0.05, 0) is 55.3 Å². The fourth-order valence-electron chi connectivity index (χ4n) is 4.38. The van der Waals surface area contributed by atoms with Gasteiger partial charge in [0, 0.05) is 52.8 Å². The van der Waals surface area contributed by atoms with E-state index in [2.05, 4.69) is 25.5 Å². The third-order valence-corrected chi connectivity index (χ3v) is 6.36. The Balaban J connectivity index is 1.70. The van der Waals surface area contributed by atoms with E-state index < -0.39 is 0 Å². The number of nitrogens with zero attached hydrogens (tertiary/aromatic N) is 3. The number of aromatic nitrogens is 3. The molecule has 158 valence electrons. The predicted molar refractivity (Wildman–Crippen MR) is 126 cm³/mol. The van der Waals surface area contributed by atoms with Gasteiger partial charge >= 0.3 is 0 Å². The highest BCUT2D eigenvalue weighted by atomic mass is 79.9. The van der Waals surface area contributed by atoms with Gasteiger partial charge in [-0.2, -0.15) is 0 Å². The maximum atomic E-state index is 13.1. The Labute approximate surface area is 187 Å². The van der Waals surface area contributed by atoms with E-state index in [-0.39, 0.29) is 11.5 Å². The van der Waals surface area contributed by atoms with Crippen molar-refractivity contribution in [2.24, 2.45) is 5.73 Å². The smallest absolute Gasteiger partial charge is 0.275 e. The van der Waals surface area contributed by atoms with Crippen LogP contribution in [0.3, 0.4) is 0 Å². The first-order chi connectivity index (χ1) is 15.0. The molecule has 3 heterocycles. The summed E-state index contributed by atoms with van der Waals surface area (Å²) in [5.41, 5.74) is 11.0. The number of anilines is 1. The van der Waals surface area contributed by atoms with E-state index in [1.54, 1.807) is 11.8 Å². The Morgan fingerprint density at radius 1 is 1.29 bits per heavy atom. The SMILES string of the molecule is CC(=O)N1CCc2cc3nc(-c4cn(CCCN)c5ccc(Br)cc45)c(=O)[nH]c3cc21. The lowest BCUT2D eigenvalue weighted by molar-refractivity contribution is -0.116. The van der Waals surface area contributed by atoms with Crippen molar-refractivity contribution in [2.45, 2.75) is 26.3 Å². The highest BCUT2D eigenvalue weighted by Gasteiger charge is 2.24. The Morgan fingerprint density at radius 3 is 2.90 bits per heavy atom. The van der Waals surface area contributed by atoms with Crippen LogP contribution < -0.4 is 16.2 Å². The number of halogens is 1. The molecule has 0 fully saturated rings. The molecular weight excluding hydrogens is 458 g/mol. The van der Waals surface area contributed by atoms with Crippen molar-refractivity contribution >= 4 is 49.5 Å². The molecule has 5 rings (SSSR count). The van der Waals surface area contributed by atoms with Crippen molar-refractivity contribution in [1.82, 2.24) is 14.5 Å². The van der Waals surface area contributed by atoms with E-state index in [1.165, 1.54) is 0 Å². The summed E-state index contributed by atoms with van der Waals surface area (Å²) in [4.78, 5) is 34.5. The summed E-state index contributed by atoms with van der Waals surface area (Å²) in [6, 6.07) is 9.89. The Hall–Kier alpha value is -2.97. The molecule has 1 aliphatic heterocycles. The molecule has 4 aromatic rings. The number of rotatable bonds is 4. The molecule has 0 bridgehead atoms. The van der Waals surface area contributed by atoms with Crippen molar-refractivity contribution in [3.8, 4) is 11.3 Å². The number of benzene rings is 2. The lowest BCUT2D eigenvalue weighted by Gasteiger charge is -2.15. The third kappa shape index (κ3) is 3.36. The molecule has 0 radical (unpaired) electrons. The monoisotopic (exact) mass is 479 g/mol. The van der Waals surface area contributed by atoms with Gasteiger partial charge in [0.15, 0.2) is 0 Å². The van der Waals surface area contributed by atoms with Crippen molar-refractivity contribution < 1.29 is 4.79 Å². The fourth-order valence-corrected chi connectivity index (χ4v) is 4.75. The maximum absolute atomic E-state index is 13.1. The van der Waals surface area contributed by atoms with Crippen molar-refractivity contribution in [1.29, 1.82) is 0 Å². The zero-order chi connectivity index (χ0) is 21.7. The number of carbonyl (C=O) groups is 1. The van der Waals surface area contributed by atoms with Crippen LogP contribution in [0.5, 0.6) is 0 Å². The maximum Gasteiger partial charge on any atom is 0.275 e. The molecule has 3 N–H and O–H groups in total. The lowest BCUT2D eigenvalue weighted by Crippen LogP contribution is -2.25. The van der Waals surface area contributed by atoms with Crippen molar-refractivity contribution in [3.05, 3.63) is 56.9 Å². The zero-order valence-corrected chi connectivity index (χ0v) is 18.7. The topological polar surface area (TPSA) is 97.0 Å². The number of nitrogens with two attached hydrogens (primary N) is 1. The molecule has 2 aromatic carbocycles. The molecular formula is C23H22BrN5O2. The Bertz CT molecular complexity index is 1400. The molecule has 0 aliphatic carbocycles. The van der Waals surface area contributed by atoms with Crippen LogP contribution in [0.15, 0.2) is 45.8 Å². The molecule has 2 aromatic heterocycles. The molecule has 1 aliphatic rings. The first-order valence-electron chi connectivity index (χ1n) is 10.3. The number of aromatic amines is 1. The molecule has 1 amide bonds. The summed E-state index contributed by atoms with van der Waals surface area (Å²) in [6.07, 6.45) is 3.62. The molecule has 0 atom stereocenters. The van der Waals surface area contributed by atoms with Gasteiger partial charge in [0.05, 0.1) is 11.0 Å². The number of nitrogens with one attached hydrogen (secondary N) is 1. The fraction of sp³-hybridized carbons (Fsp3) is 0.261. The second-order valence-electron chi connectivity index (χ2n) is 7.87. The summed E-state index contributed by atoms with van der Waals surface area (Å²) in [6.45, 7) is 3.58. The van der Waals surface area contributed by atoms with E-state index in [0.717, 1.165) is 57.1 Å². The van der Waals surface area contributed by atoms with Crippen molar-refractivity contribution in [3.63, 3.8) is 0 Å². The standard InChI is InChI=1S/C23H22BrN5O2/c1-13(30)29-8-5-14-9-18-19(11-21(14)29)27-23(31)22(26-18)17-12-28(7-2-6-25)20-4-3-15(24)10-16(17)20/h3-4,9-12H,2,5-8,25H2,1H3,(H,27,31). The van der Waals surface area contributed by atoms with Gasteiger partial charge in [-0.25, -0.2) is 4.98 Å². The summed E-state index contributed by atoms with van der Waals surface area (Å²) >= 11 is 3.54.